The molecule has 0 amide bonds. The maximum atomic E-state index is 12.0. The van der Waals surface area contributed by atoms with Crippen molar-refractivity contribution in [2.45, 2.75) is 0 Å². The predicted octanol–water partition coefficient (Wildman–Crippen LogP) is 2.60. The number of nitrogens with zero attached hydrogens (tertiary/aromatic N) is 1. The van der Waals surface area contributed by atoms with Crippen molar-refractivity contribution in [3.63, 3.8) is 0 Å². The van der Waals surface area contributed by atoms with Crippen LogP contribution in [0.5, 0.6) is 5.75 Å². The molecule has 2 aromatic heterocycles. The molecule has 19 heavy (non-hydrogen) atoms. The van der Waals surface area contributed by atoms with Gasteiger partial charge in [-0.25, -0.2) is 4.98 Å². The SMILES string of the molecule is COc1c(-c2ccccc2)c2cccnc2[nH]c1=O. The Labute approximate surface area is 109 Å². The molecule has 0 unspecified atom stereocenters. The third-order valence-corrected chi connectivity index (χ3v) is 3.01. The molecule has 0 spiro atoms. The van der Waals surface area contributed by atoms with Crippen LogP contribution in [0.1, 0.15) is 0 Å². The first kappa shape index (κ1) is 11.5. The van der Waals surface area contributed by atoms with E-state index < -0.39 is 0 Å². The van der Waals surface area contributed by atoms with Gasteiger partial charge < -0.3 is 9.72 Å². The fourth-order valence-corrected chi connectivity index (χ4v) is 2.19. The summed E-state index contributed by atoms with van der Waals surface area (Å²) in [5.74, 6) is 0.312. The molecule has 4 heteroatoms. The summed E-state index contributed by atoms with van der Waals surface area (Å²) in [5, 5.41) is 0.866. The van der Waals surface area contributed by atoms with Crippen LogP contribution >= 0.6 is 0 Å². The Morgan fingerprint density at radius 3 is 2.63 bits per heavy atom. The highest BCUT2D eigenvalue weighted by atomic mass is 16.5. The van der Waals surface area contributed by atoms with Gasteiger partial charge >= 0.3 is 0 Å². The van der Waals surface area contributed by atoms with Crippen molar-refractivity contribution in [2.24, 2.45) is 0 Å². The topological polar surface area (TPSA) is 55.0 Å². The molecule has 1 N–H and O–H groups in total. The number of benzene rings is 1. The number of aromatic amines is 1. The van der Waals surface area contributed by atoms with Crippen LogP contribution in [0.2, 0.25) is 0 Å². The van der Waals surface area contributed by atoms with E-state index in [1.54, 1.807) is 6.20 Å². The molecule has 2 heterocycles. The molecule has 0 saturated heterocycles. The average Bonchev–Trinajstić information content (AvgIpc) is 2.46. The zero-order chi connectivity index (χ0) is 13.2. The number of rotatable bonds is 2. The lowest BCUT2D eigenvalue weighted by Crippen LogP contribution is -2.11. The van der Waals surface area contributed by atoms with Crippen molar-refractivity contribution in [3.05, 3.63) is 59.0 Å². The molecule has 0 radical (unpaired) electrons. The Bertz CT molecular complexity index is 779. The van der Waals surface area contributed by atoms with E-state index in [0.29, 0.717) is 11.4 Å². The lowest BCUT2D eigenvalue weighted by molar-refractivity contribution is 0.411. The van der Waals surface area contributed by atoms with Gasteiger partial charge in [0.05, 0.1) is 7.11 Å². The van der Waals surface area contributed by atoms with E-state index in [9.17, 15) is 4.79 Å². The molecule has 0 fully saturated rings. The molecule has 0 bridgehead atoms. The first-order valence-electron chi connectivity index (χ1n) is 5.91. The number of ether oxygens (including phenoxy) is 1. The number of nitrogens with one attached hydrogen (secondary N) is 1. The van der Waals surface area contributed by atoms with Gasteiger partial charge in [-0.05, 0) is 17.7 Å². The Morgan fingerprint density at radius 2 is 1.89 bits per heavy atom. The summed E-state index contributed by atoms with van der Waals surface area (Å²) in [6, 6.07) is 13.4. The predicted molar refractivity (Wildman–Crippen MR) is 74.4 cm³/mol. The molecular formula is C15H12N2O2. The summed E-state index contributed by atoms with van der Waals surface area (Å²) in [7, 11) is 1.50. The average molecular weight is 252 g/mol. The minimum atomic E-state index is -0.271. The van der Waals surface area contributed by atoms with Crippen LogP contribution in [0, 0.1) is 0 Å². The Hall–Kier alpha value is -2.62. The quantitative estimate of drug-likeness (QED) is 0.762. The highest BCUT2D eigenvalue weighted by Crippen LogP contribution is 2.32. The van der Waals surface area contributed by atoms with E-state index in [0.717, 1.165) is 16.5 Å². The lowest BCUT2D eigenvalue weighted by Gasteiger charge is -2.10. The van der Waals surface area contributed by atoms with Gasteiger partial charge in [0.15, 0.2) is 5.75 Å². The molecule has 0 aliphatic rings. The summed E-state index contributed by atoms with van der Waals surface area (Å²) in [6.07, 6.45) is 1.65. The number of hydrogen-bond donors (Lipinski definition) is 1. The van der Waals surface area contributed by atoms with Crippen LogP contribution in [0.3, 0.4) is 0 Å². The van der Waals surface area contributed by atoms with Gasteiger partial charge in [-0.1, -0.05) is 30.3 Å². The number of pyridine rings is 2. The van der Waals surface area contributed by atoms with Crippen LogP contribution in [0.4, 0.5) is 0 Å². The highest BCUT2D eigenvalue weighted by Gasteiger charge is 2.14. The fourth-order valence-electron chi connectivity index (χ4n) is 2.19. The third kappa shape index (κ3) is 1.87. The Kier molecular flexibility index (Phi) is 2.76. The zero-order valence-corrected chi connectivity index (χ0v) is 10.4. The van der Waals surface area contributed by atoms with Crippen LogP contribution in [0.15, 0.2) is 53.5 Å². The molecule has 1 aromatic carbocycles. The molecule has 0 aliphatic heterocycles. The summed E-state index contributed by atoms with van der Waals surface area (Å²) < 4.78 is 5.27. The van der Waals surface area contributed by atoms with E-state index in [2.05, 4.69) is 9.97 Å². The Balaban J connectivity index is 2.47. The molecule has 94 valence electrons. The summed E-state index contributed by atoms with van der Waals surface area (Å²) in [6.45, 7) is 0. The molecule has 3 rings (SSSR count). The van der Waals surface area contributed by atoms with Gasteiger partial charge in [0.1, 0.15) is 5.65 Å². The van der Waals surface area contributed by atoms with Crippen LogP contribution in [0.25, 0.3) is 22.2 Å². The van der Waals surface area contributed by atoms with Gasteiger partial charge in [0.2, 0.25) is 0 Å². The number of methoxy groups -OCH3 is 1. The molecule has 0 atom stereocenters. The lowest BCUT2D eigenvalue weighted by atomic mass is 10.0. The van der Waals surface area contributed by atoms with Gasteiger partial charge in [0, 0.05) is 17.1 Å². The number of aromatic nitrogens is 2. The second kappa shape index (κ2) is 4.57. The second-order valence-corrected chi connectivity index (χ2v) is 4.13. The maximum Gasteiger partial charge on any atom is 0.292 e. The monoisotopic (exact) mass is 252 g/mol. The maximum absolute atomic E-state index is 12.0. The van der Waals surface area contributed by atoms with Crippen LogP contribution in [-0.4, -0.2) is 17.1 Å². The van der Waals surface area contributed by atoms with Gasteiger partial charge in [0.25, 0.3) is 5.56 Å². The second-order valence-electron chi connectivity index (χ2n) is 4.13. The van der Waals surface area contributed by atoms with Crippen molar-refractivity contribution in [2.75, 3.05) is 7.11 Å². The van der Waals surface area contributed by atoms with Crippen molar-refractivity contribution < 1.29 is 4.74 Å². The number of hydrogen-bond acceptors (Lipinski definition) is 3. The minimum Gasteiger partial charge on any atom is -0.491 e. The number of fused-ring (bicyclic) bond motifs is 1. The fraction of sp³-hybridized carbons (Fsp3) is 0.0667. The molecule has 3 aromatic rings. The van der Waals surface area contributed by atoms with E-state index in [4.69, 9.17) is 4.74 Å². The van der Waals surface area contributed by atoms with Gasteiger partial charge in [-0.3, -0.25) is 4.79 Å². The standard InChI is InChI=1S/C15H12N2O2/c1-19-13-12(10-6-3-2-4-7-10)11-8-5-9-16-14(11)17-15(13)18/h2-9H,1H3,(H,16,17,18). The number of H-pyrrole nitrogens is 1. The third-order valence-electron chi connectivity index (χ3n) is 3.01. The summed E-state index contributed by atoms with van der Waals surface area (Å²) in [5.41, 5.74) is 2.00. The summed E-state index contributed by atoms with van der Waals surface area (Å²) >= 11 is 0. The minimum absolute atomic E-state index is 0.271. The van der Waals surface area contributed by atoms with Crippen molar-refractivity contribution in [3.8, 4) is 16.9 Å². The first-order chi connectivity index (χ1) is 9.31. The molecule has 4 nitrogen and oxygen atoms in total. The molecular weight excluding hydrogens is 240 g/mol. The first-order valence-corrected chi connectivity index (χ1v) is 5.91. The van der Waals surface area contributed by atoms with Crippen LogP contribution in [-0.2, 0) is 0 Å². The van der Waals surface area contributed by atoms with E-state index in [1.165, 1.54) is 7.11 Å². The molecule has 0 saturated carbocycles. The van der Waals surface area contributed by atoms with Crippen LogP contribution < -0.4 is 10.3 Å². The Morgan fingerprint density at radius 1 is 1.11 bits per heavy atom. The summed E-state index contributed by atoms with van der Waals surface area (Å²) in [4.78, 5) is 19.0. The van der Waals surface area contributed by atoms with E-state index in [1.807, 2.05) is 42.5 Å². The smallest absolute Gasteiger partial charge is 0.292 e. The normalized spacial score (nSPS) is 10.6. The zero-order valence-electron chi connectivity index (χ0n) is 10.4. The largest absolute Gasteiger partial charge is 0.491 e. The van der Waals surface area contributed by atoms with Crippen molar-refractivity contribution >= 4 is 11.0 Å². The van der Waals surface area contributed by atoms with Gasteiger partial charge in [-0.2, -0.15) is 0 Å². The van der Waals surface area contributed by atoms with E-state index in [-0.39, 0.29) is 5.56 Å². The van der Waals surface area contributed by atoms with Crippen molar-refractivity contribution in [1.29, 1.82) is 0 Å². The molecule has 0 aliphatic carbocycles. The van der Waals surface area contributed by atoms with Crippen molar-refractivity contribution in [1.82, 2.24) is 9.97 Å². The van der Waals surface area contributed by atoms with Gasteiger partial charge in [-0.15, -0.1) is 0 Å². The highest BCUT2D eigenvalue weighted by molar-refractivity contribution is 5.95. The van der Waals surface area contributed by atoms with E-state index >= 15 is 0 Å².